The van der Waals surface area contributed by atoms with Crippen LogP contribution >= 0.6 is 0 Å². The van der Waals surface area contributed by atoms with Gasteiger partial charge in [-0.2, -0.15) is 0 Å². The highest BCUT2D eigenvalue weighted by Crippen LogP contribution is 2.61. The highest BCUT2D eigenvalue weighted by molar-refractivity contribution is 5.75. The van der Waals surface area contributed by atoms with Crippen LogP contribution in [0.15, 0.2) is 23.8 Å². The summed E-state index contributed by atoms with van der Waals surface area (Å²) in [5.41, 5.74) is 1.31. The zero-order valence-electron chi connectivity index (χ0n) is 14.0. The largest absolute Gasteiger partial charge is 0.481 e. The molecular weight excluding hydrogens is 276 g/mol. The standard InChI is InChI=1S/C19H28O3/c1-13(12-20)6-8-15-14(2)7-9-16-18(15,3)10-5-11-19(16,4)17(21)22/h6,12,15-16H,2,5,7-11H2,1,3-4H3,(H,21,22)/b13-6+/t15-,16+,18+,19-/m0/s1. The van der Waals surface area contributed by atoms with Crippen molar-refractivity contribution in [3.8, 4) is 0 Å². The van der Waals surface area contributed by atoms with Crippen LogP contribution in [0, 0.1) is 22.7 Å². The van der Waals surface area contributed by atoms with Crippen molar-refractivity contribution >= 4 is 12.3 Å². The Bertz CT molecular complexity index is 519. The number of carbonyl (C=O) groups excluding carboxylic acids is 1. The normalized spacial score (nSPS) is 39.2. The van der Waals surface area contributed by atoms with Crippen molar-refractivity contribution in [2.45, 2.75) is 59.3 Å². The predicted octanol–water partition coefficient (Wildman–Crippen LogP) is 4.39. The van der Waals surface area contributed by atoms with E-state index < -0.39 is 11.4 Å². The van der Waals surface area contributed by atoms with E-state index in [4.69, 9.17) is 0 Å². The van der Waals surface area contributed by atoms with Crippen molar-refractivity contribution in [1.29, 1.82) is 0 Å². The van der Waals surface area contributed by atoms with E-state index in [2.05, 4.69) is 13.5 Å². The minimum absolute atomic E-state index is 0.0274. The van der Waals surface area contributed by atoms with Gasteiger partial charge in [0.05, 0.1) is 5.41 Å². The Balaban J connectivity index is 2.36. The zero-order valence-corrected chi connectivity index (χ0v) is 14.0. The van der Waals surface area contributed by atoms with E-state index in [1.165, 1.54) is 5.57 Å². The maximum atomic E-state index is 11.9. The van der Waals surface area contributed by atoms with Crippen LogP contribution in [0.4, 0.5) is 0 Å². The molecule has 2 fully saturated rings. The van der Waals surface area contributed by atoms with Gasteiger partial charge in [-0.25, -0.2) is 0 Å². The Morgan fingerprint density at radius 3 is 2.68 bits per heavy atom. The molecule has 2 rings (SSSR count). The van der Waals surface area contributed by atoms with Crippen molar-refractivity contribution in [3.05, 3.63) is 23.8 Å². The van der Waals surface area contributed by atoms with Gasteiger partial charge in [0.25, 0.3) is 0 Å². The molecule has 2 saturated carbocycles. The zero-order chi connectivity index (χ0) is 16.5. The lowest BCUT2D eigenvalue weighted by Gasteiger charge is -2.57. The van der Waals surface area contributed by atoms with Gasteiger partial charge in [0.2, 0.25) is 0 Å². The lowest BCUT2D eigenvalue weighted by atomic mass is 9.46. The minimum atomic E-state index is -0.658. The average molecular weight is 304 g/mol. The highest BCUT2D eigenvalue weighted by Gasteiger charge is 2.57. The molecule has 2 aliphatic rings. The van der Waals surface area contributed by atoms with Crippen molar-refractivity contribution < 1.29 is 14.7 Å². The van der Waals surface area contributed by atoms with Crippen molar-refractivity contribution in [2.75, 3.05) is 0 Å². The maximum absolute atomic E-state index is 11.9. The van der Waals surface area contributed by atoms with E-state index in [1.54, 1.807) is 0 Å². The first-order chi connectivity index (χ1) is 10.3. The van der Waals surface area contributed by atoms with Crippen LogP contribution in [0.3, 0.4) is 0 Å². The van der Waals surface area contributed by atoms with Crippen molar-refractivity contribution in [3.63, 3.8) is 0 Å². The summed E-state index contributed by atoms with van der Waals surface area (Å²) < 4.78 is 0. The van der Waals surface area contributed by atoms with E-state index in [0.717, 1.165) is 50.4 Å². The molecule has 0 aromatic rings. The van der Waals surface area contributed by atoms with Crippen LogP contribution in [0.5, 0.6) is 0 Å². The molecule has 0 saturated heterocycles. The number of aldehydes is 1. The summed E-state index contributed by atoms with van der Waals surface area (Å²) in [7, 11) is 0. The third-order valence-corrected chi connectivity index (χ3v) is 6.37. The monoisotopic (exact) mass is 304 g/mol. The van der Waals surface area contributed by atoms with E-state index in [9.17, 15) is 14.7 Å². The molecule has 122 valence electrons. The maximum Gasteiger partial charge on any atom is 0.309 e. The summed E-state index contributed by atoms with van der Waals surface area (Å²) in [6.45, 7) is 10.3. The number of rotatable bonds is 4. The third-order valence-electron chi connectivity index (χ3n) is 6.37. The Labute approximate surface area is 133 Å². The van der Waals surface area contributed by atoms with Crippen LogP contribution in [-0.2, 0) is 9.59 Å². The molecule has 1 N–H and O–H groups in total. The highest BCUT2D eigenvalue weighted by atomic mass is 16.4. The van der Waals surface area contributed by atoms with Crippen LogP contribution in [-0.4, -0.2) is 17.4 Å². The number of carbonyl (C=O) groups is 2. The summed E-state index contributed by atoms with van der Waals surface area (Å²) in [5, 5.41) is 9.78. The molecule has 0 amide bonds. The van der Waals surface area contributed by atoms with Crippen LogP contribution in [0.25, 0.3) is 0 Å². The molecule has 0 aromatic heterocycles. The molecule has 0 unspecified atom stereocenters. The lowest BCUT2D eigenvalue weighted by Crippen LogP contribution is -2.53. The SMILES string of the molecule is C=C1CC[C@@H]2[C@](C)(CCC[C@]2(C)C(=O)O)[C@H]1C/C=C(\C)C=O. The fourth-order valence-electron chi connectivity index (χ4n) is 4.99. The topological polar surface area (TPSA) is 54.4 Å². The second kappa shape index (κ2) is 6.02. The molecule has 2 aliphatic carbocycles. The Hall–Kier alpha value is -1.38. The van der Waals surface area contributed by atoms with Crippen LogP contribution < -0.4 is 0 Å². The van der Waals surface area contributed by atoms with Gasteiger partial charge >= 0.3 is 5.97 Å². The van der Waals surface area contributed by atoms with Crippen LogP contribution in [0.2, 0.25) is 0 Å². The van der Waals surface area contributed by atoms with Crippen molar-refractivity contribution in [2.24, 2.45) is 22.7 Å². The second-order valence-electron chi connectivity index (χ2n) is 7.69. The van der Waals surface area contributed by atoms with E-state index in [0.29, 0.717) is 0 Å². The number of aliphatic carboxylic acids is 1. The van der Waals surface area contributed by atoms with Gasteiger partial charge < -0.3 is 5.11 Å². The molecule has 0 aliphatic heterocycles. The summed E-state index contributed by atoms with van der Waals surface area (Å²) in [4.78, 5) is 22.7. The van der Waals surface area contributed by atoms with Gasteiger partial charge in [0, 0.05) is 0 Å². The molecule has 3 nitrogen and oxygen atoms in total. The number of allylic oxidation sites excluding steroid dienone is 3. The molecule has 4 atom stereocenters. The third kappa shape index (κ3) is 2.66. The minimum Gasteiger partial charge on any atom is -0.481 e. The number of carboxylic acids is 1. The first-order valence-electron chi connectivity index (χ1n) is 8.28. The average Bonchev–Trinajstić information content (AvgIpc) is 2.45. The molecule has 0 aromatic carbocycles. The van der Waals surface area contributed by atoms with Gasteiger partial charge in [-0.05, 0) is 68.8 Å². The molecule has 0 heterocycles. The molecule has 0 bridgehead atoms. The number of hydrogen-bond acceptors (Lipinski definition) is 2. The molecule has 3 heteroatoms. The summed E-state index contributed by atoms with van der Waals surface area (Å²) in [6, 6.07) is 0. The summed E-state index contributed by atoms with van der Waals surface area (Å²) in [5.74, 6) is -0.193. The Morgan fingerprint density at radius 1 is 1.41 bits per heavy atom. The lowest BCUT2D eigenvalue weighted by molar-refractivity contribution is -0.164. The first kappa shape index (κ1) is 17.0. The predicted molar refractivity (Wildman–Crippen MR) is 87.5 cm³/mol. The van der Waals surface area contributed by atoms with Crippen molar-refractivity contribution in [1.82, 2.24) is 0 Å². The first-order valence-corrected chi connectivity index (χ1v) is 8.28. The van der Waals surface area contributed by atoms with E-state index in [1.807, 2.05) is 19.9 Å². The number of carboxylic acid groups (broad SMARTS) is 1. The van der Waals surface area contributed by atoms with E-state index in [-0.39, 0.29) is 17.3 Å². The van der Waals surface area contributed by atoms with Gasteiger partial charge in [-0.15, -0.1) is 0 Å². The molecular formula is C19H28O3. The molecule has 0 radical (unpaired) electrons. The van der Waals surface area contributed by atoms with Gasteiger partial charge in [0.15, 0.2) is 0 Å². The quantitative estimate of drug-likeness (QED) is 0.476. The summed E-state index contributed by atoms with van der Waals surface area (Å²) >= 11 is 0. The number of fused-ring (bicyclic) bond motifs is 1. The van der Waals surface area contributed by atoms with E-state index >= 15 is 0 Å². The Morgan fingerprint density at radius 2 is 2.09 bits per heavy atom. The Kier molecular flexibility index (Phi) is 4.65. The van der Waals surface area contributed by atoms with Gasteiger partial charge in [0.1, 0.15) is 6.29 Å². The van der Waals surface area contributed by atoms with Gasteiger partial charge in [-0.1, -0.05) is 31.6 Å². The molecule has 0 spiro atoms. The second-order valence-corrected chi connectivity index (χ2v) is 7.69. The smallest absolute Gasteiger partial charge is 0.309 e. The fourth-order valence-corrected chi connectivity index (χ4v) is 4.99. The van der Waals surface area contributed by atoms with Gasteiger partial charge in [-0.3, -0.25) is 9.59 Å². The number of hydrogen-bond donors (Lipinski definition) is 1. The molecule has 22 heavy (non-hydrogen) atoms. The summed E-state index contributed by atoms with van der Waals surface area (Å²) in [6.07, 6.45) is 8.27. The van der Waals surface area contributed by atoms with Crippen LogP contribution in [0.1, 0.15) is 59.3 Å². The fraction of sp³-hybridized carbons (Fsp3) is 0.684.